The first-order chi connectivity index (χ1) is 10.1. The lowest BCUT2D eigenvalue weighted by Crippen LogP contribution is -2.36. The van der Waals surface area contributed by atoms with E-state index >= 15 is 0 Å². The highest BCUT2D eigenvalue weighted by Gasteiger charge is 2.18. The molecule has 7 heteroatoms. The molecule has 2 rings (SSSR count). The normalized spacial score (nSPS) is 17.1. The molecule has 1 aliphatic heterocycles. The molecule has 0 saturated carbocycles. The van der Waals surface area contributed by atoms with Crippen molar-refractivity contribution in [3.8, 4) is 0 Å². The van der Waals surface area contributed by atoms with Gasteiger partial charge in [0.05, 0.1) is 25.0 Å². The predicted octanol–water partition coefficient (Wildman–Crippen LogP) is 1.44. The van der Waals surface area contributed by atoms with Crippen molar-refractivity contribution in [2.24, 2.45) is 0 Å². The van der Waals surface area contributed by atoms with Gasteiger partial charge in [-0.1, -0.05) is 11.6 Å². The number of likely N-dealkylation sites (tertiary alicyclic amines) is 1. The van der Waals surface area contributed by atoms with Gasteiger partial charge in [0.2, 0.25) is 0 Å². The molecule has 1 fully saturated rings. The molecule has 0 aliphatic carbocycles. The molecule has 118 valence electrons. The van der Waals surface area contributed by atoms with E-state index in [0.717, 1.165) is 19.6 Å². The summed E-state index contributed by atoms with van der Waals surface area (Å²) < 4.78 is 6.26. The van der Waals surface area contributed by atoms with E-state index < -0.39 is 0 Å². The summed E-state index contributed by atoms with van der Waals surface area (Å²) in [7, 11) is 1.59. The van der Waals surface area contributed by atoms with Gasteiger partial charge >= 0.3 is 0 Å². The second-order valence-electron chi connectivity index (χ2n) is 5.37. The average molecular weight is 315 g/mol. The summed E-state index contributed by atoms with van der Waals surface area (Å²) in [6.45, 7) is 6.06. The number of nitrogens with zero attached hydrogens (tertiary/aromatic N) is 3. The van der Waals surface area contributed by atoms with Crippen LogP contribution >= 0.6 is 11.6 Å². The lowest BCUT2D eigenvalue weighted by atomic mass is 10.3. The molecule has 21 heavy (non-hydrogen) atoms. The van der Waals surface area contributed by atoms with Crippen molar-refractivity contribution in [2.45, 2.75) is 32.4 Å². The number of methoxy groups -OCH3 is 1. The molecule has 1 aromatic heterocycles. The van der Waals surface area contributed by atoms with Crippen LogP contribution in [0, 0.1) is 0 Å². The van der Waals surface area contributed by atoms with Gasteiger partial charge in [-0.05, 0) is 32.9 Å². The van der Waals surface area contributed by atoms with Crippen LogP contribution in [-0.4, -0.2) is 54.1 Å². The van der Waals surface area contributed by atoms with Crippen LogP contribution in [0.3, 0.4) is 0 Å². The second kappa shape index (κ2) is 7.77. The molecule has 0 radical (unpaired) electrons. The van der Waals surface area contributed by atoms with Crippen LogP contribution in [0.4, 0.5) is 5.69 Å². The zero-order valence-electron chi connectivity index (χ0n) is 12.6. The summed E-state index contributed by atoms with van der Waals surface area (Å²) in [5, 5.41) is 7.54. The van der Waals surface area contributed by atoms with Gasteiger partial charge in [0.25, 0.3) is 5.56 Å². The van der Waals surface area contributed by atoms with Crippen LogP contribution in [0.25, 0.3) is 0 Å². The molecule has 0 amide bonds. The molecular formula is C14H23ClN4O2. The van der Waals surface area contributed by atoms with Crippen molar-refractivity contribution in [3.63, 3.8) is 0 Å². The lowest BCUT2D eigenvalue weighted by Gasteiger charge is -2.24. The molecule has 1 N–H and O–H groups in total. The van der Waals surface area contributed by atoms with Crippen molar-refractivity contribution in [1.82, 2.24) is 14.7 Å². The Hall–Kier alpha value is -1.11. The Labute approximate surface area is 130 Å². The second-order valence-corrected chi connectivity index (χ2v) is 5.74. The Morgan fingerprint density at radius 1 is 1.48 bits per heavy atom. The van der Waals surface area contributed by atoms with E-state index in [1.165, 1.54) is 17.5 Å². The number of rotatable bonds is 7. The van der Waals surface area contributed by atoms with Crippen LogP contribution in [0.5, 0.6) is 0 Å². The molecule has 0 aromatic carbocycles. The summed E-state index contributed by atoms with van der Waals surface area (Å²) in [5.41, 5.74) is 0.314. The minimum atomic E-state index is -0.285. The van der Waals surface area contributed by atoms with E-state index in [1.807, 2.05) is 0 Å². The maximum Gasteiger partial charge on any atom is 0.287 e. The number of halogens is 1. The minimum Gasteiger partial charge on any atom is -0.383 e. The number of hydrogen-bond donors (Lipinski definition) is 1. The molecule has 2 heterocycles. The molecule has 6 nitrogen and oxygen atoms in total. The van der Waals surface area contributed by atoms with Gasteiger partial charge in [-0.2, -0.15) is 5.10 Å². The van der Waals surface area contributed by atoms with E-state index in [0.29, 0.717) is 24.9 Å². The fourth-order valence-corrected chi connectivity index (χ4v) is 2.71. The fraction of sp³-hybridized carbons (Fsp3) is 0.714. The number of ether oxygens (including phenoxy) is 1. The van der Waals surface area contributed by atoms with Gasteiger partial charge in [-0.15, -0.1) is 0 Å². The van der Waals surface area contributed by atoms with Crippen LogP contribution in [0.15, 0.2) is 11.0 Å². The molecule has 1 atom stereocenters. The monoisotopic (exact) mass is 314 g/mol. The van der Waals surface area contributed by atoms with E-state index in [2.05, 4.69) is 22.2 Å². The summed E-state index contributed by atoms with van der Waals surface area (Å²) in [6.07, 6.45) is 4.14. The summed E-state index contributed by atoms with van der Waals surface area (Å²) in [5.74, 6) is 0. The molecular weight excluding hydrogens is 292 g/mol. The quantitative estimate of drug-likeness (QED) is 0.825. The van der Waals surface area contributed by atoms with Crippen LogP contribution in [0.2, 0.25) is 5.02 Å². The fourth-order valence-electron chi connectivity index (χ4n) is 2.49. The third kappa shape index (κ3) is 4.18. The molecule has 0 bridgehead atoms. The Bertz CT molecular complexity index is 514. The van der Waals surface area contributed by atoms with E-state index in [-0.39, 0.29) is 10.6 Å². The van der Waals surface area contributed by atoms with Crippen LogP contribution < -0.4 is 10.9 Å². The minimum absolute atomic E-state index is 0.190. The number of aromatic nitrogens is 2. The number of anilines is 1. The van der Waals surface area contributed by atoms with Crippen molar-refractivity contribution in [2.75, 3.05) is 38.7 Å². The Kier molecular flexibility index (Phi) is 6.02. The molecule has 0 spiro atoms. The van der Waals surface area contributed by atoms with Gasteiger partial charge in [-0.25, -0.2) is 4.68 Å². The third-order valence-electron chi connectivity index (χ3n) is 3.84. The van der Waals surface area contributed by atoms with Crippen molar-refractivity contribution in [1.29, 1.82) is 0 Å². The highest BCUT2D eigenvalue weighted by Crippen LogP contribution is 2.17. The third-order valence-corrected chi connectivity index (χ3v) is 4.21. The van der Waals surface area contributed by atoms with Crippen molar-refractivity contribution in [3.05, 3.63) is 21.6 Å². The predicted molar refractivity (Wildman–Crippen MR) is 84.1 cm³/mol. The zero-order chi connectivity index (χ0) is 15.2. The van der Waals surface area contributed by atoms with Gasteiger partial charge in [-0.3, -0.25) is 9.69 Å². The SMILES string of the molecule is COCCn1ncc(NCC(C)N2CCCC2)c(Cl)c1=O. The smallest absolute Gasteiger partial charge is 0.287 e. The highest BCUT2D eigenvalue weighted by molar-refractivity contribution is 6.32. The van der Waals surface area contributed by atoms with E-state index in [1.54, 1.807) is 13.3 Å². The summed E-state index contributed by atoms with van der Waals surface area (Å²) >= 11 is 6.13. The van der Waals surface area contributed by atoms with Gasteiger partial charge in [0.15, 0.2) is 0 Å². The first-order valence-electron chi connectivity index (χ1n) is 7.36. The zero-order valence-corrected chi connectivity index (χ0v) is 13.4. The maximum atomic E-state index is 12.1. The van der Waals surface area contributed by atoms with Gasteiger partial charge in [0, 0.05) is 19.7 Å². The van der Waals surface area contributed by atoms with Crippen LogP contribution in [0.1, 0.15) is 19.8 Å². The summed E-state index contributed by atoms with van der Waals surface area (Å²) in [4.78, 5) is 14.5. The Morgan fingerprint density at radius 2 is 2.19 bits per heavy atom. The molecule has 1 unspecified atom stereocenters. The highest BCUT2D eigenvalue weighted by atomic mass is 35.5. The summed E-state index contributed by atoms with van der Waals surface area (Å²) in [6, 6.07) is 0.416. The first-order valence-corrected chi connectivity index (χ1v) is 7.73. The first kappa shape index (κ1) is 16.3. The molecule has 1 aromatic rings. The molecule has 1 saturated heterocycles. The van der Waals surface area contributed by atoms with Gasteiger partial charge < -0.3 is 10.1 Å². The number of hydrogen-bond acceptors (Lipinski definition) is 5. The van der Waals surface area contributed by atoms with E-state index in [4.69, 9.17) is 16.3 Å². The van der Waals surface area contributed by atoms with Gasteiger partial charge in [0.1, 0.15) is 5.02 Å². The van der Waals surface area contributed by atoms with Crippen LogP contribution in [-0.2, 0) is 11.3 Å². The molecule has 1 aliphatic rings. The lowest BCUT2D eigenvalue weighted by molar-refractivity contribution is 0.182. The maximum absolute atomic E-state index is 12.1. The largest absolute Gasteiger partial charge is 0.383 e. The topological polar surface area (TPSA) is 59.4 Å². The Morgan fingerprint density at radius 3 is 2.86 bits per heavy atom. The van der Waals surface area contributed by atoms with E-state index in [9.17, 15) is 4.79 Å². The number of nitrogens with one attached hydrogen (secondary N) is 1. The Balaban J connectivity index is 1.97. The average Bonchev–Trinajstić information content (AvgIpc) is 3.02. The van der Waals surface area contributed by atoms with Crippen molar-refractivity contribution >= 4 is 17.3 Å². The van der Waals surface area contributed by atoms with Crippen molar-refractivity contribution < 1.29 is 4.74 Å². The standard InChI is InChI=1S/C14H23ClN4O2/c1-11(18-5-3-4-6-18)9-16-12-10-17-19(7-8-21-2)14(20)13(12)15/h10-11,16H,3-9H2,1-2H3.